The van der Waals surface area contributed by atoms with E-state index in [0.717, 1.165) is 39.0 Å². The Morgan fingerprint density at radius 1 is 1.37 bits per heavy atom. The van der Waals surface area contributed by atoms with Crippen LogP contribution in [0, 0.1) is 0 Å². The normalized spacial score (nSPS) is 21.0. The molecular formula is C15H20N2OS. The average Bonchev–Trinajstić information content (AvgIpc) is 2.83. The van der Waals surface area contributed by atoms with E-state index in [0.29, 0.717) is 0 Å². The van der Waals surface area contributed by atoms with Crippen LogP contribution in [0.2, 0.25) is 0 Å². The van der Waals surface area contributed by atoms with Crippen molar-refractivity contribution in [2.24, 2.45) is 0 Å². The molecule has 2 heterocycles. The van der Waals surface area contributed by atoms with Crippen LogP contribution in [0.3, 0.4) is 0 Å². The van der Waals surface area contributed by atoms with Crippen molar-refractivity contribution in [3.05, 3.63) is 35.2 Å². The molecular weight excluding hydrogens is 256 g/mol. The molecule has 1 fully saturated rings. The van der Waals surface area contributed by atoms with Crippen LogP contribution in [-0.4, -0.2) is 42.4 Å². The van der Waals surface area contributed by atoms with Crippen LogP contribution in [0.25, 0.3) is 10.1 Å². The zero-order valence-electron chi connectivity index (χ0n) is 11.0. The van der Waals surface area contributed by atoms with Crippen LogP contribution in [0.4, 0.5) is 0 Å². The number of hydrogen-bond donors (Lipinski definition) is 2. The van der Waals surface area contributed by atoms with E-state index in [4.69, 9.17) is 0 Å². The predicted molar refractivity (Wildman–Crippen MR) is 80.6 cm³/mol. The smallest absolute Gasteiger partial charge is 0.117 e. The molecule has 1 saturated heterocycles. The van der Waals surface area contributed by atoms with Gasteiger partial charge in [0.1, 0.15) is 6.23 Å². The lowest BCUT2D eigenvalue weighted by Crippen LogP contribution is -2.50. The van der Waals surface area contributed by atoms with Crippen LogP contribution >= 0.6 is 11.3 Å². The number of β-amino-alcohol motifs (C(OH)–C–C–N with tert-alkyl or cyclic N) is 1. The van der Waals surface area contributed by atoms with Gasteiger partial charge in [0.05, 0.1) is 0 Å². The highest BCUT2D eigenvalue weighted by Crippen LogP contribution is 2.26. The number of aliphatic hydroxyl groups excluding tert-OH is 1. The molecule has 3 nitrogen and oxygen atoms in total. The van der Waals surface area contributed by atoms with Gasteiger partial charge in [0.2, 0.25) is 0 Å². The molecule has 0 bridgehead atoms. The molecule has 0 saturated carbocycles. The van der Waals surface area contributed by atoms with E-state index in [1.54, 1.807) is 0 Å². The molecule has 1 aromatic heterocycles. The second kappa shape index (κ2) is 6.01. The van der Waals surface area contributed by atoms with Gasteiger partial charge in [-0.2, -0.15) is 0 Å². The van der Waals surface area contributed by atoms with Gasteiger partial charge < -0.3 is 5.11 Å². The molecule has 0 aliphatic carbocycles. The average molecular weight is 276 g/mol. The summed E-state index contributed by atoms with van der Waals surface area (Å²) in [5.74, 6) is 0. The fourth-order valence-corrected chi connectivity index (χ4v) is 3.71. The van der Waals surface area contributed by atoms with Crippen LogP contribution < -0.4 is 5.32 Å². The van der Waals surface area contributed by atoms with Gasteiger partial charge in [-0.05, 0) is 41.8 Å². The maximum Gasteiger partial charge on any atom is 0.117 e. The summed E-state index contributed by atoms with van der Waals surface area (Å²) in [7, 11) is 0. The van der Waals surface area contributed by atoms with Gasteiger partial charge in [-0.15, -0.1) is 11.3 Å². The first-order valence-electron chi connectivity index (χ1n) is 6.92. The minimum atomic E-state index is -0.351. The summed E-state index contributed by atoms with van der Waals surface area (Å²) in [4.78, 5) is 2.34. The van der Waals surface area contributed by atoms with Crippen LogP contribution in [0.1, 0.15) is 12.0 Å². The Balaban J connectivity index is 1.55. The number of aryl methyl sites for hydroxylation is 1. The number of hydrogen-bond acceptors (Lipinski definition) is 4. The number of nitrogens with one attached hydrogen (secondary N) is 1. The van der Waals surface area contributed by atoms with Crippen molar-refractivity contribution in [2.45, 2.75) is 19.1 Å². The van der Waals surface area contributed by atoms with Crippen molar-refractivity contribution < 1.29 is 5.11 Å². The van der Waals surface area contributed by atoms with Crippen LogP contribution in [0.15, 0.2) is 29.6 Å². The first-order valence-corrected chi connectivity index (χ1v) is 7.80. The fourth-order valence-electron chi connectivity index (χ4n) is 2.71. The number of benzene rings is 1. The quantitative estimate of drug-likeness (QED) is 0.897. The molecule has 2 aromatic rings. The van der Waals surface area contributed by atoms with Gasteiger partial charge in [0, 0.05) is 24.3 Å². The number of nitrogens with zero attached hydrogens (tertiary/aromatic N) is 1. The summed E-state index contributed by atoms with van der Waals surface area (Å²) in [5, 5.41) is 16.3. The van der Waals surface area contributed by atoms with E-state index in [9.17, 15) is 5.11 Å². The Hall–Kier alpha value is -0.940. The second-order valence-electron chi connectivity index (χ2n) is 5.13. The molecule has 1 aliphatic rings. The van der Waals surface area contributed by atoms with E-state index in [2.05, 4.69) is 39.9 Å². The first-order chi connectivity index (χ1) is 9.33. The van der Waals surface area contributed by atoms with Crippen molar-refractivity contribution in [3.63, 3.8) is 0 Å². The highest BCUT2D eigenvalue weighted by atomic mass is 32.1. The van der Waals surface area contributed by atoms with Gasteiger partial charge in [0.25, 0.3) is 0 Å². The number of aliphatic hydroxyl groups is 1. The summed E-state index contributed by atoms with van der Waals surface area (Å²) >= 11 is 1.84. The van der Waals surface area contributed by atoms with E-state index in [1.165, 1.54) is 15.6 Å². The lowest BCUT2D eigenvalue weighted by molar-refractivity contribution is 0.0542. The Morgan fingerprint density at radius 2 is 2.26 bits per heavy atom. The molecule has 1 unspecified atom stereocenters. The van der Waals surface area contributed by atoms with Crippen molar-refractivity contribution in [2.75, 3.05) is 26.2 Å². The molecule has 4 heteroatoms. The largest absolute Gasteiger partial charge is 0.377 e. The van der Waals surface area contributed by atoms with Gasteiger partial charge in [-0.25, -0.2) is 0 Å². The standard InChI is InChI=1S/C15H20N2OS/c18-15-10-17(9-7-16-15)8-3-4-12-11-19-14-6-2-1-5-13(12)14/h1-2,5-6,11,15-16,18H,3-4,7-10H2. The van der Waals surface area contributed by atoms with Gasteiger partial charge in [-0.1, -0.05) is 18.2 Å². The van der Waals surface area contributed by atoms with Crippen LogP contribution in [0.5, 0.6) is 0 Å². The van der Waals surface area contributed by atoms with Crippen LogP contribution in [-0.2, 0) is 6.42 Å². The van der Waals surface area contributed by atoms with E-state index in [-0.39, 0.29) is 6.23 Å². The fraction of sp³-hybridized carbons (Fsp3) is 0.467. The number of fused-ring (bicyclic) bond motifs is 1. The number of rotatable bonds is 4. The second-order valence-corrected chi connectivity index (χ2v) is 6.04. The molecule has 3 rings (SSSR count). The van der Waals surface area contributed by atoms with Gasteiger partial charge >= 0.3 is 0 Å². The third kappa shape index (κ3) is 3.15. The van der Waals surface area contributed by atoms with E-state index < -0.39 is 0 Å². The lowest BCUT2D eigenvalue weighted by atomic mass is 10.1. The Kier molecular flexibility index (Phi) is 4.13. The van der Waals surface area contributed by atoms with Crippen molar-refractivity contribution in [1.82, 2.24) is 10.2 Å². The van der Waals surface area contributed by atoms with E-state index in [1.807, 2.05) is 11.3 Å². The molecule has 0 spiro atoms. The zero-order valence-corrected chi connectivity index (χ0v) is 11.8. The Labute approximate surface area is 117 Å². The highest BCUT2D eigenvalue weighted by molar-refractivity contribution is 7.17. The van der Waals surface area contributed by atoms with Crippen molar-refractivity contribution in [1.29, 1.82) is 0 Å². The van der Waals surface area contributed by atoms with E-state index >= 15 is 0 Å². The number of piperazine rings is 1. The van der Waals surface area contributed by atoms with Crippen molar-refractivity contribution >= 4 is 21.4 Å². The minimum Gasteiger partial charge on any atom is -0.377 e. The molecule has 1 aliphatic heterocycles. The molecule has 1 aromatic carbocycles. The molecule has 1 atom stereocenters. The van der Waals surface area contributed by atoms with Gasteiger partial charge in [-0.3, -0.25) is 10.2 Å². The zero-order chi connectivity index (χ0) is 13.1. The maximum atomic E-state index is 9.55. The molecule has 102 valence electrons. The van der Waals surface area contributed by atoms with Gasteiger partial charge in [0.15, 0.2) is 0 Å². The third-order valence-corrected chi connectivity index (χ3v) is 4.73. The molecule has 0 amide bonds. The summed E-state index contributed by atoms with van der Waals surface area (Å²) in [6, 6.07) is 8.63. The predicted octanol–water partition coefficient (Wildman–Crippen LogP) is 2.06. The Morgan fingerprint density at radius 3 is 3.16 bits per heavy atom. The highest BCUT2D eigenvalue weighted by Gasteiger charge is 2.16. The molecule has 0 radical (unpaired) electrons. The maximum absolute atomic E-state index is 9.55. The van der Waals surface area contributed by atoms with Crippen molar-refractivity contribution in [3.8, 4) is 0 Å². The third-order valence-electron chi connectivity index (χ3n) is 3.72. The minimum absolute atomic E-state index is 0.351. The lowest BCUT2D eigenvalue weighted by Gasteiger charge is -2.30. The summed E-state index contributed by atoms with van der Waals surface area (Å²) in [5.41, 5.74) is 1.47. The summed E-state index contributed by atoms with van der Waals surface area (Å²) < 4.78 is 1.38. The SMILES string of the molecule is OC1CN(CCCc2csc3ccccc23)CCN1. The number of thiophene rings is 1. The topological polar surface area (TPSA) is 35.5 Å². The summed E-state index contributed by atoms with van der Waals surface area (Å²) in [6.07, 6.45) is 1.94. The first kappa shape index (κ1) is 13.1. The molecule has 19 heavy (non-hydrogen) atoms. The molecule has 2 N–H and O–H groups in total. The monoisotopic (exact) mass is 276 g/mol. The summed E-state index contributed by atoms with van der Waals surface area (Å²) in [6.45, 7) is 3.76. The Bertz CT molecular complexity index is 540.